The van der Waals surface area contributed by atoms with E-state index >= 15 is 0 Å². The third-order valence-electron chi connectivity index (χ3n) is 4.30. The minimum Gasteiger partial charge on any atom is -0.394 e. The molecule has 8 heteroatoms. The van der Waals surface area contributed by atoms with Crippen molar-refractivity contribution in [3.63, 3.8) is 0 Å². The zero-order chi connectivity index (χ0) is 17.4. The molecule has 5 atom stereocenters. The molecule has 0 bridgehead atoms. The van der Waals surface area contributed by atoms with Crippen LogP contribution < -0.4 is 0 Å². The van der Waals surface area contributed by atoms with Crippen LogP contribution in [0.5, 0.6) is 0 Å². The third-order valence-corrected chi connectivity index (χ3v) is 5.35. The fraction of sp³-hybridized carbons (Fsp3) is 0.500. The average molecular weight is 353 g/mol. The number of carbonyl (C=O) groups is 2. The van der Waals surface area contributed by atoms with Crippen molar-refractivity contribution in [2.24, 2.45) is 0 Å². The van der Waals surface area contributed by atoms with Crippen LogP contribution in [-0.4, -0.2) is 74.2 Å². The quantitative estimate of drug-likeness (QED) is 0.646. The van der Waals surface area contributed by atoms with E-state index in [2.05, 4.69) is 0 Å². The maximum Gasteiger partial charge on any atom is 0.262 e. The number of aliphatic hydroxyl groups excluding tert-OH is 3. The van der Waals surface area contributed by atoms with Crippen molar-refractivity contribution < 1.29 is 29.6 Å². The zero-order valence-electron chi connectivity index (χ0n) is 13.0. The maximum atomic E-state index is 12.7. The summed E-state index contributed by atoms with van der Waals surface area (Å²) in [5, 5.41) is 30.0. The summed E-state index contributed by atoms with van der Waals surface area (Å²) >= 11 is 1.30. The lowest BCUT2D eigenvalue weighted by Gasteiger charge is -2.44. The number of ether oxygens (including phenoxy) is 1. The largest absolute Gasteiger partial charge is 0.394 e. The van der Waals surface area contributed by atoms with Gasteiger partial charge in [-0.3, -0.25) is 14.5 Å². The molecule has 0 radical (unpaired) electrons. The number of nitrogens with zero attached hydrogens (tertiary/aromatic N) is 1. The van der Waals surface area contributed by atoms with E-state index in [4.69, 9.17) is 4.74 Å². The molecule has 0 saturated carbocycles. The summed E-state index contributed by atoms with van der Waals surface area (Å²) < 4.78 is 5.64. The summed E-state index contributed by atoms with van der Waals surface area (Å²) in [6, 6.07) is 5.41. The molecule has 2 aliphatic heterocycles. The highest BCUT2D eigenvalue weighted by Crippen LogP contribution is 2.35. The molecular weight excluding hydrogens is 334 g/mol. The van der Waals surface area contributed by atoms with Gasteiger partial charge in [-0.1, -0.05) is 19.1 Å². The Morgan fingerprint density at radius 2 is 1.71 bits per heavy atom. The second-order valence-electron chi connectivity index (χ2n) is 5.68. The van der Waals surface area contributed by atoms with Crippen LogP contribution in [0.25, 0.3) is 0 Å². The van der Waals surface area contributed by atoms with E-state index in [0.717, 1.165) is 4.90 Å². The number of hydrogen-bond acceptors (Lipinski definition) is 7. The number of fused-ring (bicyclic) bond motifs is 1. The second-order valence-corrected chi connectivity index (χ2v) is 7.05. The van der Waals surface area contributed by atoms with Gasteiger partial charge in [-0.25, -0.2) is 0 Å². The highest BCUT2D eigenvalue weighted by Gasteiger charge is 2.52. The number of amides is 2. The fourth-order valence-electron chi connectivity index (χ4n) is 3.12. The van der Waals surface area contributed by atoms with Crippen molar-refractivity contribution in [1.29, 1.82) is 0 Å². The monoisotopic (exact) mass is 353 g/mol. The van der Waals surface area contributed by atoms with Crippen LogP contribution in [0.15, 0.2) is 24.3 Å². The first-order valence-electron chi connectivity index (χ1n) is 7.72. The van der Waals surface area contributed by atoms with E-state index < -0.39 is 48.2 Å². The van der Waals surface area contributed by atoms with Crippen molar-refractivity contribution >= 4 is 23.6 Å². The molecule has 0 aromatic heterocycles. The summed E-state index contributed by atoms with van der Waals surface area (Å²) in [5.74, 6) is -0.412. The number of rotatable bonds is 4. The van der Waals surface area contributed by atoms with Gasteiger partial charge in [0.15, 0.2) is 0 Å². The Hall–Kier alpha value is -1.45. The van der Waals surface area contributed by atoms with Gasteiger partial charge < -0.3 is 20.1 Å². The molecule has 0 unspecified atom stereocenters. The van der Waals surface area contributed by atoms with E-state index in [0.29, 0.717) is 5.75 Å². The molecule has 0 aliphatic carbocycles. The van der Waals surface area contributed by atoms with Gasteiger partial charge in [0.05, 0.1) is 17.7 Å². The highest BCUT2D eigenvalue weighted by atomic mass is 32.2. The fourth-order valence-corrected chi connectivity index (χ4v) is 4.15. The molecule has 1 fully saturated rings. The summed E-state index contributed by atoms with van der Waals surface area (Å²) in [5.41, 5.74) is -0.185. The number of benzene rings is 1. The number of carbonyl (C=O) groups excluding carboxylic acids is 2. The number of imide groups is 1. The van der Waals surface area contributed by atoms with Crippen LogP contribution in [-0.2, 0) is 4.74 Å². The zero-order valence-corrected chi connectivity index (χ0v) is 13.8. The van der Waals surface area contributed by atoms with E-state index in [1.54, 1.807) is 24.3 Å². The van der Waals surface area contributed by atoms with E-state index in [1.807, 2.05) is 6.92 Å². The van der Waals surface area contributed by atoms with Gasteiger partial charge in [0, 0.05) is 0 Å². The molecule has 130 valence electrons. The Labute approximate surface area is 143 Å². The van der Waals surface area contributed by atoms with Crippen molar-refractivity contribution in [2.45, 2.75) is 36.7 Å². The van der Waals surface area contributed by atoms with Crippen molar-refractivity contribution in [2.75, 3.05) is 12.4 Å². The third kappa shape index (κ3) is 2.64. The summed E-state index contributed by atoms with van der Waals surface area (Å²) in [7, 11) is 0. The van der Waals surface area contributed by atoms with E-state index in [-0.39, 0.29) is 11.1 Å². The molecule has 3 N–H and O–H groups in total. The highest BCUT2D eigenvalue weighted by molar-refractivity contribution is 7.99. The van der Waals surface area contributed by atoms with E-state index in [1.165, 1.54) is 11.8 Å². The predicted octanol–water partition coefficient (Wildman–Crippen LogP) is -0.157. The molecule has 7 nitrogen and oxygen atoms in total. The molecule has 2 heterocycles. The van der Waals surface area contributed by atoms with Crippen LogP contribution in [0.1, 0.15) is 27.6 Å². The number of thioether (sulfide) groups is 1. The minimum absolute atomic E-state index is 0.272. The Morgan fingerprint density at radius 1 is 1.12 bits per heavy atom. The van der Waals surface area contributed by atoms with Gasteiger partial charge in [-0.2, -0.15) is 0 Å². The first-order chi connectivity index (χ1) is 11.5. The lowest BCUT2D eigenvalue weighted by atomic mass is 9.97. The van der Waals surface area contributed by atoms with Crippen molar-refractivity contribution in [3.8, 4) is 0 Å². The smallest absolute Gasteiger partial charge is 0.262 e. The molecule has 0 spiro atoms. The SMILES string of the molecule is CCS[C@@H]1O[C@H](CO)[C@@H](O)[C@H](O)[C@@H]1N1C(=O)c2ccccc2C1=O. The lowest BCUT2D eigenvalue weighted by molar-refractivity contribution is -0.181. The second kappa shape index (κ2) is 6.81. The summed E-state index contributed by atoms with van der Waals surface area (Å²) in [4.78, 5) is 26.3. The predicted molar refractivity (Wildman–Crippen MR) is 86.6 cm³/mol. The van der Waals surface area contributed by atoms with E-state index in [9.17, 15) is 24.9 Å². The number of hydrogen-bond donors (Lipinski definition) is 3. The topological polar surface area (TPSA) is 107 Å². The molecule has 1 aromatic carbocycles. The average Bonchev–Trinajstić information content (AvgIpc) is 2.83. The first kappa shape index (κ1) is 17.4. The van der Waals surface area contributed by atoms with Crippen molar-refractivity contribution in [3.05, 3.63) is 35.4 Å². The van der Waals surface area contributed by atoms with Gasteiger partial charge in [-0.15, -0.1) is 11.8 Å². The summed E-state index contributed by atoms with van der Waals surface area (Å²) in [6.45, 7) is 1.41. The molecule has 3 rings (SSSR count). The van der Waals surface area contributed by atoms with Crippen LogP contribution in [0.3, 0.4) is 0 Å². The first-order valence-corrected chi connectivity index (χ1v) is 8.77. The maximum absolute atomic E-state index is 12.7. The standard InChI is InChI=1S/C16H19NO6S/c1-2-24-16-11(13(20)12(19)10(7-18)23-16)17-14(21)8-5-3-4-6-9(8)15(17)22/h3-6,10-13,16,18-20H,2,7H2,1H3/t10-,11+,12-,13-,16+/m1/s1. The molecule has 2 amide bonds. The lowest BCUT2D eigenvalue weighted by Crippen LogP contribution is -2.64. The molecule has 1 saturated heterocycles. The van der Waals surface area contributed by atoms with Gasteiger partial charge in [-0.05, 0) is 17.9 Å². The van der Waals surface area contributed by atoms with Gasteiger partial charge in [0.25, 0.3) is 11.8 Å². The van der Waals surface area contributed by atoms with Crippen molar-refractivity contribution in [1.82, 2.24) is 4.90 Å². The van der Waals surface area contributed by atoms with Gasteiger partial charge >= 0.3 is 0 Å². The van der Waals surface area contributed by atoms with Crippen LogP contribution in [0.2, 0.25) is 0 Å². The Balaban J connectivity index is 1.97. The van der Waals surface area contributed by atoms with Crippen LogP contribution in [0.4, 0.5) is 0 Å². The Kier molecular flexibility index (Phi) is 4.93. The molecule has 24 heavy (non-hydrogen) atoms. The Bertz CT molecular complexity index is 618. The Morgan fingerprint density at radius 3 is 2.21 bits per heavy atom. The molecular formula is C16H19NO6S. The minimum atomic E-state index is -1.40. The molecule has 1 aromatic rings. The number of aliphatic hydroxyl groups is 3. The normalized spacial score (nSPS) is 33.0. The van der Waals surface area contributed by atoms with Crippen LogP contribution in [0, 0.1) is 0 Å². The van der Waals surface area contributed by atoms with Gasteiger partial charge in [0.2, 0.25) is 0 Å². The van der Waals surface area contributed by atoms with Crippen LogP contribution >= 0.6 is 11.8 Å². The van der Waals surface area contributed by atoms with Gasteiger partial charge in [0.1, 0.15) is 29.8 Å². The summed E-state index contributed by atoms with van der Waals surface area (Å²) in [6.07, 6.45) is -3.75. The molecule has 2 aliphatic rings.